The van der Waals surface area contributed by atoms with Gasteiger partial charge in [-0.15, -0.1) is 0 Å². The summed E-state index contributed by atoms with van der Waals surface area (Å²) >= 11 is 3.25. The number of ether oxygens (including phenoxy) is 1. The van der Waals surface area contributed by atoms with Gasteiger partial charge in [-0.05, 0) is 19.1 Å². The number of pyridine rings is 1. The minimum atomic E-state index is -1.14. The summed E-state index contributed by atoms with van der Waals surface area (Å²) in [6, 6.07) is 3.35. The van der Waals surface area contributed by atoms with Crippen molar-refractivity contribution in [2.24, 2.45) is 0 Å². The zero-order valence-electron chi connectivity index (χ0n) is 8.81. The van der Waals surface area contributed by atoms with Gasteiger partial charge >= 0.3 is 5.97 Å². The molecule has 0 bridgehead atoms. The molecule has 16 heavy (non-hydrogen) atoms. The van der Waals surface area contributed by atoms with Crippen LogP contribution in [0.4, 0.5) is 0 Å². The third-order valence-electron chi connectivity index (χ3n) is 1.89. The number of hydrogen-bond donors (Lipinski definition) is 1. The molecule has 0 amide bonds. The Morgan fingerprint density at radius 3 is 3.00 bits per heavy atom. The molecule has 0 spiro atoms. The van der Waals surface area contributed by atoms with E-state index in [1.165, 1.54) is 6.20 Å². The van der Waals surface area contributed by atoms with Gasteiger partial charge < -0.3 is 9.84 Å². The van der Waals surface area contributed by atoms with Crippen molar-refractivity contribution in [2.75, 3.05) is 6.61 Å². The van der Waals surface area contributed by atoms with Crippen LogP contribution in [0.3, 0.4) is 0 Å². The van der Waals surface area contributed by atoms with Gasteiger partial charge in [0, 0.05) is 10.7 Å². The molecule has 1 aromatic rings. The number of carbonyl (C=O) groups excluding carboxylic acids is 1. The van der Waals surface area contributed by atoms with Crippen molar-refractivity contribution >= 4 is 21.9 Å². The van der Waals surface area contributed by atoms with E-state index in [1.807, 2.05) is 0 Å². The minimum absolute atomic E-state index is 0.0209. The number of rotatable bonds is 4. The second-order valence-electron chi connectivity index (χ2n) is 3.05. The lowest BCUT2D eigenvalue weighted by Gasteiger charge is -2.12. The van der Waals surface area contributed by atoms with Crippen LogP contribution in [0.1, 0.15) is 18.7 Å². The number of aliphatic hydroxyl groups excluding tert-OH is 1. The highest BCUT2D eigenvalue weighted by atomic mass is 79.9. The predicted octanol–water partition coefficient (Wildman–Crippen LogP) is 2.00. The first-order valence-electron chi connectivity index (χ1n) is 4.71. The van der Waals surface area contributed by atoms with E-state index >= 15 is 0 Å². The Kier molecular flexibility index (Phi) is 4.64. The molecule has 0 saturated heterocycles. The number of halogens is 1. The third kappa shape index (κ3) is 3.15. The number of hydrogen-bond acceptors (Lipinski definition) is 4. The molecule has 5 heteroatoms. The van der Waals surface area contributed by atoms with E-state index in [0.717, 1.165) is 4.47 Å². The zero-order valence-corrected chi connectivity index (χ0v) is 10.4. The predicted molar refractivity (Wildman–Crippen MR) is 62.7 cm³/mol. The molecule has 0 fully saturated rings. The molecule has 1 N–H and O–H groups in total. The molecule has 1 rings (SSSR count). The lowest BCUT2D eigenvalue weighted by atomic mass is 10.1. The summed E-state index contributed by atoms with van der Waals surface area (Å²) in [7, 11) is 0. The number of esters is 1. The summed E-state index contributed by atoms with van der Waals surface area (Å²) < 4.78 is 5.51. The number of aromatic nitrogens is 1. The van der Waals surface area contributed by atoms with Gasteiger partial charge in [0.05, 0.1) is 17.9 Å². The molecule has 4 nitrogen and oxygen atoms in total. The molecule has 1 atom stereocenters. The molecule has 1 heterocycles. The Balaban J connectivity index is 2.82. The topological polar surface area (TPSA) is 59.4 Å². The highest BCUT2D eigenvalue weighted by Crippen LogP contribution is 2.21. The van der Waals surface area contributed by atoms with Gasteiger partial charge in [0.1, 0.15) is 6.10 Å². The third-order valence-corrected chi connectivity index (χ3v) is 2.38. The Morgan fingerprint density at radius 1 is 1.75 bits per heavy atom. The second-order valence-corrected chi connectivity index (χ2v) is 3.96. The minimum Gasteiger partial charge on any atom is -0.463 e. The average molecular weight is 286 g/mol. The van der Waals surface area contributed by atoms with Crippen molar-refractivity contribution < 1.29 is 14.6 Å². The van der Waals surface area contributed by atoms with Crippen molar-refractivity contribution in [3.63, 3.8) is 0 Å². The van der Waals surface area contributed by atoms with Gasteiger partial charge in [0.2, 0.25) is 0 Å². The molecule has 0 aliphatic rings. The summed E-state index contributed by atoms with van der Waals surface area (Å²) in [5, 5.41) is 9.83. The quantitative estimate of drug-likeness (QED) is 0.679. The first kappa shape index (κ1) is 12.9. The summed E-state index contributed by atoms with van der Waals surface area (Å²) in [6.45, 7) is 5.44. The van der Waals surface area contributed by atoms with Crippen molar-refractivity contribution in [1.29, 1.82) is 0 Å². The second kappa shape index (κ2) is 5.77. The maximum Gasteiger partial charge on any atom is 0.336 e. The average Bonchev–Trinajstić information content (AvgIpc) is 2.27. The summed E-state index contributed by atoms with van der Waals surface area (Å²) in [6.07, 6.45) is 0.387. The Bertz CT molecular complexity index is 406. The lowest BCUT2D eigenvalue weighted by Crippen LogP contribution is -2.14. The molecule has 0 aliphatic heterocycles. The Labute approximate surface area is 102 Å². The molecule has 1 unspecified atom stereocenters. The summed E-state index contributed by atoms with van der Waals surface area (Å²) in [4.78, 5) is 15.3. The fourth-order valence-corrected chi connectivity index (χ4v) is 1.44. The molecule has 0 aliphatic carbocycles. The molecule has 0 aromatic carbocycles. The first-order chi connectivity index (χ1) is 7.56. The van der Waals surface area contributed by atoms with Crippen molar-refractivity contribution in [2.45, 2.75) is 13.0 Å². The van der Waals surface area contributed by atoms with Crippen LogP contribution in [0.15, 0.2) is 35.0 Å². The molecule has 0 radical (unpaired) electrons. The number of carbonyl (C=O) groups is 1. The van der Waals surface area contributed by atoms with Crippen LogP contribution < -0.4 is 0 Å². The van der Waals surface area contributed by atoms with E-state index in [-0.39, 0.29) is 12.2 Å². The number of aliphatic hydroxyl groups is 1. The van der Waals surface area contributed by atoms with Crippen LogP contribution in [0.2, 0.25) is 0 Å². The van der Waals surface area contributed by atoms with Gasteiger partial charge in [0.15, 0.2) is 0 Å². The van der Waals surface area contributed by atoms with Gasteiger partial charge in [-0.2, -0.15) is 0 Å². The lowest BCUT2D eigenvalue weighted by molar-refractivity contribution is -0.139. The first-order valence-corrected chi connectivity index (χ1v) is 5.51. The fourth-order valence-electron chi connectivity index (χ4n) is 1.08. The highest BCUT2D eigenvalue weighted by molar-refractivity contribution is 9.10. The molecule has 0 saturated carbocycles. The Morgan fingerprint density at radius 2 is 2.44 bits per heavy atom. The standard InChI is InChI=1S/C11H12BrNO3/c1-3-16-11(15)7(2)10(14)9-6-8(12)4-5-13-9/h4-6,10,14H,2-3H2,1H3. The molecule has 86 valence electrons. The normalized spacial score (nSPS) is 11.9. The fraction of sp³-hybridized carbons (Fsp3) is 0.273. The zero-order chi connectivity index (χ0) is 12.1. The largest absolute Gasteiger partial charge is 0.463 e. The molecule has 1 aromatic heterocycles. The van der Waals surface area contributed by atoms with E-state index in [9.17, 15) is 9.90 Å². The van der Waals surface area contributed by atoms with Crippen LogP contribution in [0, 0.1) is 0 Å². The van der Waals surface area contributed by atoms with Gasteiger partial charge in [-0.1, -0.05) is 22.5 Å². The van der Waals surface area contributed by atoms with Crippen LogP contribution in [0.5, 0.6) is 0 Å². The monoisotopic (exact) mass is 285 g/mol. The molecular formula is C11H12BrNO3. The van der Waals surface area contributed by atoms with Crippen LogP contribution in [-0.4, -0.2) is 22.7 Å². The summed E-state index contributed by atoms with van der Waals surface area (Å²) in [5.74, 6) is -0.614. The summed E-state index contributed by atoms with van der Waals surface area (Å²) in [5.41, 5.74) is 0.333. The SMILES string of the molecule is C=C(C(=O)OCC)C(O)c1cc(Br)ccn1. The van der Waals surface area contributed by atoms with Crippen molar-refractivity contribution in [1.82, 2.24) is 4.98 Å². The van der Waals surface area contributed by atoms with E-state index in [4.69, 9.17) is 4.74 Å². The van der Waals surface area contributed by atoms with Gasteiger partial charge in [-0.3, -0.25) is 4.98 Å². The van der Waals surface area contributed by atoms with E-state index < -0.39 is 12.1 Å². The van der Waals surface area contributed by atoms with Crippen molar-refractivity contribution in [3.05, 3.63) is 40.6 Å². The number of nitrogens with zero attached hydrogens (tertiary/aromatic N) is 1. The van der Waals surface area contributed by atoms with Crippen LogP contribution in [0.25, 0.3) is 0 Å². The van der Waals surface area contributed by atoms with E-state index in [1.54, 1.807) is 19.1 Å². The van der Waals surface area contributed by atoms with Gasteiger partial charge in [0.25, 0.3) is 0 Å². The maximum absolute atomic E-state index is 11.3. The van der Waals surface area contributed by atoms with E-state index in [2.05, 4.69) is 27.5 Å². The van der Waals surface area contributed by atoms with E-state index in [0.29, 0.717) is 5.69 Å². The van der Waals surface area contributed by atoms with Crippen LogP contribution in [-0.2, 0) is 9.53 Å². The maximum atomic E-state index is 11.3. The van der Waals surface area contributed by atoms with Crippen LogP contribution >= 0.6 is 15.9 Å². The van der Waals surface area contributed by atoms with Crippen molar-refractivity contribution in [3.8, 4) is 0 Å². The van der Waals surface area contributed by atoms with Gasteiger partial charge in [-0.25, -0.2) is 4.79 Å². The molecular weight excluding hydrogens is 274 g/mol. The Hall–Kier alpha value is -1.20. The smallest absolute Gasteiger partial charge is 0.336 e. The highest BCUT2D eigenvalue weighted by Gasteiger charge is 2.20.